The highest BCUT2D eigenvalue weighted by Crippen LogP contribution is 2.36. The molecule has 1 unspecified atom stereocenters. The molecule has 1 fully saturated rings. The smallest absolute Gasteiger partial charge is 0.303 e. The molecule has 0 bridgehead atoms. The summed E-state index contributed by atoms with van der Waals surface area (Å²) in [4.78, 5) is 73.1. The number of nitrogens with one attached hydrogen (secondary N) is 2. The number of carbonyl (C=O) groups excluding carboxylic acids is 5. The monoisotopic (exact) mass is 465 g/mol. The maximum absolute atomic E-state index is 13.1. The van der Waals surface area contributed by atoms with Crippen LogP contribution in [0.2, 0.25) is 0 Å². The fourth-order valence-corrected chi connectivity index (χ4v) is 3.78. The van der Waals surface area contributed by atoms with Gasteiger partial charge in [0.1, 0.15) is 17.5 Å². The number of carbonyl (C=O) groups is 6. The van der Waals surface area contributed by atoms with E-state index >= 15 is 0 Å². The van der Waals surface area contributed by atoms with Crippen molar-refractivity contribution in [2.75, 3.05) is 5.32 Å². The van der Waals surface area contributed by atoms with Crippen molar-refractivity contribution < 1.29 is 38.6 Å². The number of hydrogen-bond donors (Lipinski definition) is 3. The number of aliphatic carboxylic acids is 1. The summed E-state index contributed by atoms with van der Waals surface area (Å²) < 4.78 is 5.84. The SMILES string of the molecule is O=C(O)CCC(=O)Nc1cccc(Oc2cccc3c2C(=O)N(C2CCC(=O)NC2=O)C3=O)c1. The van der Waals surface area contributed by atoms with Crippen LogP contribution in [0.1, 0.15) is 46.4 Å². The Balaban J connectivity index is 1.55. The van der Waals surface area contributed by atoms with E-state index in [-0.39, 0.29) is 48.3 Å². The zero-order valence-electron chi connectivity index (χ0n) is 17.7. The highest BCUT2D eigenvalue weighted by atomic mass is 16.5. The van der Waals surface area contributed by atoms with Crippen molar-refractivity contribution in [1.29, 1.82) is 0 Å². The number of benzene rings is 2. The van der Waals surface area contributed by atoms with Gasteiger partial charge in [0.2, 0.25) is 17.7 Å². The number of piperidine rings is 1. The summed E-state index contributed by atoms with van der Waals surface area (Å²) in [5, 5.41) is 13.4. The van der Waals surface area contributed by atoms with Crippen LogP contribution in [-0.4, -0.2) is 51.6 Å². The molecule has 2 aromatic rings. The lowest BCUT2D eigenvalue weighted by Gasteiger charge is -2.27. The number of nitrogens with zero attached hydrogens (tertiary/aromatic N) is 1. The van der Waals surface area contributed by atoms with Gasteiger partial charge in [-0.1, -0.05) is 12.1 Å². The molecule has 11 heteroatoms. The molecule has 0 aliphatic carbocycles. The molecule has 11 nitrogen and oxygen atoms in total. The molecule has 2 heterocycles. The lowest BCUT2D eigenvalue weighted by molar-refractivity contribution is -0.138. The lowest BCUT2D eigenvalue weighted by atomic mass is 10.0. The number of rotatable bonds is 7. The largest absolute Gasteiger partial charge is 0.481 e. The molecule has 3 N–H and O–H groups in total. The summed E-state index contributed by atoms with van der Waals surface area (Å²) in [5.74, 6) is -3.76. The van der Waals surface area contributed by atoms with E-state index in [1.165, 1.54) is 24.3 Å². The molecule has 0 spiro atoms. The molecule has 1 saturated heterocycles. The molecule has 0 radical (unpaired) electrons. The highest BCUT2D eigenvalue weighted by molar-refractivity contribution is 6.24. The van der Waals surface area contributed by atoms with E-state index in [0.717, 1.165) is 4.90 Å². The van der Waals surface area contributed by atoms with Crippen molar-refractivity contribution in [3.8, 4) is 11.5 Å². The van der Waals surface area contributed by atoms with E-state index in [0.29, 0.717) is 5.69 Å². The minimum Gasteiger partial charge on any atom is -0.481 e. The average molecular weight is 465 g/mol. The van der Waals surface area contributed by atoms with Crippen LogP contribution in [0.5, 0.6) is 11.5 Å². The maximum Gasteiger partial charge on any atom is 0.303 e. The third-order valence-corrected chi connectivity index (χ3v) is 5.34. The van der Waals surface area contributed by atoms with Crippen molar-refractivity contribution in [1.82, 2.24) is 10.2 Å². The minimum atomic E-state index is -1.10. The first kappa shape index (κ1) is 22.6. The Morgan fingerprint density at radius 2 is 1.82 bits per heavy atom. The Kier molecular flexibility index (Phi) is 6.09. The van der Waals surface area contributed by atoms with E-state index in [1.54, 1.807) is 18.2 Å². The van der Waals surface area contributed by atoms with Crippen LogP contribution in [0, 0.1) is 0 Å². The summed E-state index contributed by atoms with van der Waals surface area (Å²) in [5.41, 5.74) is 0.423. The number of fused-ring (bicyclic) bond motifs is 1. The van der Waals surface area contributed by atoms with Crippen LogP contribution >= 0.6 is 0 Å². The van der Waals surface area contributed by atoms with Gasteiger partial charge in [-0.2, -0.15) is 0 Å². The van der Waals surface area contributed by atoms with Gasteiger partial charge in [-0.15, -0.1) is 0 Å². The van der Waals surface area contributed by atoms with E-state index in [2.05, 4.69) is 10.6 Å². The molecule has 2 aliphatic heterocycles. The Morgan fingerprint density at radius 3 is 2.56 bits per heavy atom. The molecule has 174 valence electrons. The topological polar surface area (TPSA) is 159 Å². The van der Waals surface area contributed by atoms with Crippen molar-refractivity contribution >= 4 is 41.2 Å². The number of hydrogen-bond acceptors (Lipinski definition) is 7. The normalized spacial score (nSPS) is 17.3. The molecule has 0 aromatic heterocycles. The van der Waals surface area contributed by atoms with Crippen molar-refractivity contribution in [2.45, 2.75) is 31.7 Å². The average Bonchev–Trinajstić information content (AvgIpc) is 3.04. The number of imide groups is 2. The molecule has 0 saturated carbocycles. The summed E-state index contributed by atoms with van der Waals surface area (Å²) >= 11 is 0. The zero-order chi connectivity index (χ0) is 24.4. The van der Waals surface area contributed by atoms with E-state index in [4.69, 9.17) is 9.84 Å². The second-order valence-electron chi connectivity index (χ2n) is 7.70. The molecule has 2 aromatic carbocycles. The van der Waals surface area contributed by atoms with Gasteiger partial charge in [0.25, 0.3) is 11.8 Å². The number of amides is 5. The van der Waals surface area contributed by atoms with Crippen molar-refractivity contribution in [3.05, 3.63) is 53.6 Å². The first-order valence-electron chi connectivity index (χ1n) is 10.4. The second-order valence-corrected chi connectivity index (χ2v) is 7.70. The molecule has 5 amide bonds. The fourth-order valence-electron chi connectivity index (χ4n) is 3.78. The lowest BCUT2D eigenvalue weighted by Crippen LogP contribution is -2.54. The van der Waals surface area contributed by atoms with Crippen LogP contribution in [0.25, 0.3) is 0 Å². The first-order valence-corrected chi connectivity index (χ1v) is 10.4. The quantitative estimate of drug-likeness (QED) is 0.521. The summed E-state index contributed by atoms with van der Waals surface area (Å²) in [6.07, 6.45) is -0.453. The Labute approximate surface area is 192 Å². The third kappa shape index (κ3) is 4.49. The maximum atomic E-state index is 13.1. The molecule has 2 aliphatic rings. The van der Waals surface area contributed by atoms with Gasteiger partial charge in [-0.05, 0) is 30.7 Å². The van der Waals surface area contributed by atoms with Crippen LogP contribution < -0.4 is 15.4 Å². The van der Waals surface area contributed by atoms with Gasteiger partial charge in [0.15, 0.2) is 0 Å². The predicted octanol–water partition coefficient (Wildman–Crippen LogP) is 1.68. The predicted molar refractivity (Wildman–Crippen MR) is 115 cm³/mol. The molecule has 4 rings (SSSR count). The Morgan fingerprint density at radius 1 is 1.06 bits per heavy atom. The summed E-state index contributed by atoms with van der Waals surface area (Å²) in [6.45, 7) is 0. The van der Waals surface area contributed by atoms with Gasteiger partial charge >= 0.3 is 5.97 Å². The first-order chi connectivity index (χ1) is 16.2. The van der Waals surface area contributed by atoms with E-state index in [1.807, 2.05) is 0 Å². The van der Waals surface area contributed by atoms with Gasteiger partial charge in [-0.3, -0.25) is 39.0 Å². The van der Waals surface area contributed by atoms with E-state index < -0.39 is 41.5 Å². The fraction of sp³-hybridized carbons (Fsp3) is 0.217. The van der Waals surface area contributed by atoms with Crippen LogP contribution in [0.15, 0.2) is 42.5 Å². The van der Waals surface area contributed by atoms with E-state index in [9.17, 15) is 28.8 Å². The third-order valence-electron chi connectivity index (χ3n) is 5.34. The molecular weight excluding hydrogens is 446 g/mol. The number of carboxylic acid groups (broad SMARTS) is 1. The molecule has 1 atom stereocenters. The second kappa shape index (κ2) is 9.14. The zero-order valence-corrected chi connectivity index (χ0v) is 17.7. The standard InChI is InChI=1S/C23H19N3O8/c27-17(9-10-19(29)30)24-12-3-1-4-13(11-12)34-16-6-2-5-14-20(16)23(33)26(22(14)32)15-7-8-18(28)25-21(15)31/h1-6,11,15H,7-10H2,(H,24,27)(H,29,30)(H,25,28,31). The van der Waals surface area contributed by atoms with Crippen molar-refractivity contribution in [2.24, 2.45) is 0 Å². The Bertz CT molecular complexity index is 1240. The van der Waals surface area contributed by atoms with Crippen LogP contribution in [0.4, 0.5) is 5.69 Å². The minimum absolute atomic E-state index is 0.00639. The number of carboxylic acids is 1. The summed E-state index contributed by atoms with van der Waals surface area (Å²) in [6, 6.07) is 9.62. The Hall–Kier alpha value is -4.54. The van der Waals surface area contributed by atoms with Crippen LogP contribution in [0.3, 0.4) is 0 Å². The van der Waals surface area contributed by atoms with Gasteiger partial charge in [-0.25, -0.2) is 0 Å². The molecular formula is C23H19N3O8. The van der Waals surface area contributed by atoms with Gasteiger partial charge in [0.05, 0.1) is 17.5 Å². The number of anilines is 1. The highest BCUT2D eigenvalue weighted by Gasteiger charge is 2.46. The molecule has 34 heavy (non-hydrogen) atoms. The van der Waals surface area contributed by atoms with Gasteiger partial charge < -0.3 is 15.2 Å². The number of ether oxygens (including phenoxy) is 1. The summed E-state index contributed by atoms with van der Waals surface area (Å²) in [7, 11) is 0. The van der Waals surface area contributed by atoms with Crippen molar-refractivity contribution in [3.63, 3.8) is 0 Å². The van der Waals surface area contributed by atoms with Crippen LogP contribution in [-0.2, 0) is 19.2 Å². The van der Waals surface area contributed by atoms with Gasteiger partial charge in [0, 0.05) is 24.6 Å².